The van der Waals surface area contributed by atoms with Gasteiger partial charge in [-0.2, -0.15) is 0 Å². The predicted octanol–water partition coefficient (Wildman–Crippen LogP) is 3.53. The third-order valence-corrected chi connectivity index (χ3v) is 5.62. The second kappa shape index (κ2) is 6.48. The van der Waals surface area contributed by atoms with Crippen LogP contribution >= 0.6 is 23.2 Å². The highest BCUT2D eigenvalue weighted by molar-refractivity contribution is 6.37. The summed E-state index contributed by atoms with van der Waals surface area (Å²) in [5.74, 6) is -2.01. The third-order valence-electron chi connectivity index (χ3n) is 4.96. The first-order valence-corrected chi connectivity index (χ1v) is 9.36. The Bertz CT molecular complexity index is 815. The molecule has 6 nitrogen and oxygen atoms in total. The van der Waals surface area contributed by atoms with Crippen LogP contribution in [0.15, 0.2) is 24.3 Å². The van der Waals surface area contributed by atoms with Crippen LogP contribution in [0.25, 0.3) is 6.08 Å². The highest BCUT2D eigenvalue weighted by atomic mass is 35.5. The van der Waals surface area contributed by atoms with Gasteiger partial charge in [-0.1, -0.05) is 29.3 Å². The minimum Gasteiger partial charge on any atom is -0.456 e. The molecular formula is C19H18Cl2O6. The van der Waals surface area contributed by atoms with Crippen LogP contribution in [-0.2, 0) is 28.5 Å². The lowest BCUT2D eigenvalue weighted by atomic mass is 9.82. The van der Waals surface area contributed by atoms with E-state index in [9.17, 15) is 9.59 Å². The minimum atomic E-state index is -1.36. The monoisotopic (exact) mass is 412 g/mol. The maximum Gasteiger partial charge on any atom is 0.351 e. The zero-order valence-electron chi connectivity index (χ0n) is 14.7. The number of esters is 2. The van der Waals surface area contributed by atoms with Crippen molar-refractivity contribution in [3.63, 3.8) is 0 Å². The molecular weight excluding hydrogens is 395 g/mol. The molecule has 1 aliphatic carbocycles. The molecule has 144 valence electrons. The molecule has 0 N–H and O–H groups in total. The van der Waals surface area contributed by atoms with E-state index >= 15 is 0 Å². The lowest BCUT2D eigenvalue weighted by molar-refractivity contribution is -0.179. The van der Waals surface area contributed by atoms with E-state index in [0.717, 1.165) is 0 Å². The Hall–Kier alpha value is -1.60. The van der Waals surface area contributed by atoms with Gasteiger partial charge in [0, 0.05) is 34.5 Å². The van der Waals surface area contributed by atoms with Gasteiger partial charge in [0.25, 0.3) is 0 Å². The van der Waals surface area contributed by atoms with Crippen molar-refractivity contribution >= 4 is 41.2 Å². The van der Waals surface area contributed by atoms with E-state index in [1.165, 1.54) is 12.2 Å². The van der Waals surface area contributed by atoms with Gasteiger partial charge >= 0.3 is 11.9 Å². The first-order chi connectivity index (χ1) is 12.7. The number of ether oxygens (including phenoxy) is 4. The number of carbonyl (C=O) groups is 2. The summed E-state index contributed by atoms with van der Waals surface area (Å²) in [5, 5.41) is 0.814. The molecule has 2 saturated heterocycles. The normalized spacial score (nSPS) is 33.8. The van der Waals surface area contributed by atoms with Gasteiger partial charge in [0.1, 0.15) is 12.2 Å². The number of carbonyl (C=O) groups excluding carboxylic acids is 2. The Labute approximate surface area is 166 Å². The van der Waals surface area contributed by atoms with Gasteiger partial charge in [-0.15, -0.1) is 0 Å². The van der Waals surface area contributed by atoms with Crippen LogP contribution in [0.3, 0.4) is 0 Å². The second-order valence-electron chi connectivity index (χ2n) is 7.37. The van der Waals surface area contributed by atoms with Crippen molar-refractivity contribution in [1.82, 2.24) is 0 Å². The number of rotatable bonds is 3. The standard InChI is InChI=1S/C19H18Cl2O6/c1-18(2)25-14-9-19(8-13(16(14)27-18)24-17(19)23)26-15(22)7-6-10-11(20)4-3-5-12(10)21/h3-7,13-14,16H,8-9H2,1-2H3/b7-6+/t13-,14+,16-,19+/m0/s1. The first kappa shape index (κ1) is 18.7. The topological polar surface area (TPSA) is 71.1 Å². The fourth-order valence-corrected chi connectivity index (χ4v) is 4.40. The highest BCUT2D eigenvalue weighted by Gasteiger charge is 2.65. The molecule has 0 spiro atoms. The van der Waals surface area contributed by atoms with E-state index in [1.807, 2.05) is 0 Å². The van der Waals surface area contributed by atoms with Gasteiger partial charge in [-0.05, 0) is 32.1 Å². The van der Waals surface area contributed by atoms with E-state index in [1.54, 1.807) is 32.0 Å². The van der Waals surface area contributed by atoms with E-state index in [0.29, 0.717) is 15.6 Å². The van der Waals surface area contributed by atoms with Crippen molar-refractivity contribution in [3.8, 4) is 0 Å². The van der Waals surface area contributed by atoms with Crippen LogP contribution in [0.4, 0.5) is 0 Å². The molecule has 4 atom stereocenters. The lowest BCUT2D eigenvalue weighted by Crippen LogP contribution is -2.49. The number of benzene rings is 1. The van der Waals surface area contributed by atoms with Crippen LogP contribution in [0, 0.1) is 0 Å². The summed E-state index contributed by atoms with van der Waals surface area (Å²) in [5.41, 5.74) is -0.860. The summed E-state index contributed by atoms with van der Waals surface area (Å²) in [4.78, 5) is 24.8. The fourth-order valence-electron chi connectivity index (χ4n) is 3.88. The molecule has 0 aromatic heterocycles. The first-order valence-electron chi connectivity index (χ1n) is 8.61. The summed E-state index contributed by atoms with van der Waals surface area (Å²) < 4.78 is 22.6. The van der Waals surface area contributed by atoms with Crippen LogP contribution in [0.5, 0.6) is 0 Å². The Balaban J connectivity index is 1.51. The average molecular weight is 413 g/mol. The molecule has 3 fully saturated rings. The summed E-state index contributed by atoms with van der Waals surface area (Å²) >= 11 is 12.2. The Morgan fingerprint density at radius 3 is 2.56 bits per heavy atom. The van der Waals surface area contributed by atoms with Gasteiger partial charge in [-0.3, -0.25) is 0 Å². The van der Waals surface area contributed by atoms with E-state index in [-0.39, 0.29) is 25.0 Å². The smallest absolute Gasteiger partial charge is 0.351 e. The van der Waals surface area contributed by atoms with E-state index in [4.69, 9.17) is 42.1 Å². The molecule has 0 radical (unpaired) electrons. The quantitative estimate of drug-likeness (QED) is 0.558. The summed E-state index contributed by atoms with van der Waals surface area (Å²) in [6.45, 7) is 3.60. The summed E-state index contributed by atoms with van der Waals surface area (Å²) in [7, 11) is 0. The number of hydrogen-bond acceptors (Lipinski definition) is 6. The highest BCUT2D eigenvalue weighted by Crippen LogP contribution is 2.48. The molecule has 4 rings (SSSR count). The van der Waals surface area contributed by atoms with Gasteiger partial charge in [0.05, 0.1) is 6.10 Å². The van der Waals surface area contributed by atoms with Crippen LogP contribution < -0.4 is 0 Å². The largest absolute Gasteiger partial charge is 0.456 e. The zero-order valence-corrected chi connectivity index (χ0v) is 16.3. The Kier molecular flexibility index (Phi) is 4.50. The average Bonchev–Trinajstić information content (AvgIpc) is 3.01. The van der Waals surface area contributed by atoms with Crippen molar-refractivity contribution in [2.75, 3.05) is 0 Å². The second-order valence-corrected chi connectivity index (χ2v) is 8.19. The van der Waals surface area contributed by atoms with Crippen molar-refractivity contribution in [1.29, 1.82) is 0 Å². The SMILES string of the molecule is CC1(C)O[C@H]2[C@@H]3C[C@@](OC(=O)/C=C/c4c(Cl)cccc4Cl)(C[C@H]2O1)C(=O)O3. The van der Waals surface area contributed by atoms with Crippen LogP contribution in [0.2, 0.25) is 10.0 Å². The zero-order chi connectivity index (χ0) is 19.4. The van der Waals surface area contributed by atoms with E-state index in [2.05, 4.69) is 0 Å². The number of fused-ring (bicyclic) bond motifs is 4. The number of halogens is 2. The van der Waals surface area contributed by atoms with Crippen molar-refractivity contribution in [2.45, 2.75) is 56.4 Å². The molecule has 0 amide bonds. The molecule has 2 heterocycles. The Morgan fingerprint density at radius 1 is 1.19 bits per heavy atom. The van der Waals surface area contributed by atoms with Crippen LogP contribution in [0.1, 0.15) is 32.3 Å². The summed E-state index contributed by atoms with van der Waals surface area (Å²) in [6.07, 6.45) is 1.89. The molecule has 2 bridgehead atoms. The summed E-state index contributed by atoms with van der Waals surface area (Å²) in [6, 6.07) is 5.03. The van der Waals surface area contributed by atoms with Crippen molar-refractivity contribution in [2.24, 2.45) is 0 Å². The third kappa shape index (κ3) is 3.36. The molecule has 1 saturated carbocycles. The molecule has 2 aliphatic heterocycles. The van der Waals surface area contributed by atoms with Gasteiger partial charge in [0.15, 0.2) is 5.79 Å². The minimum absolute atomic E-state index is 0.197. The Morgan fingerprint density at radius 2 is 1.85 bits per heavy atom. The molecule has 3 aliphatic rings. The predicted molar refractivity (Wildman–Crippen MR) is 97.3 cm³/mol. The molecule has 8 heteroatoms. The lowest BCUT2D eigenvalue weighted by Gasteiger charge is -2.32. The van der Waals surface area contributed by atoms with Crippen molar-refractivity contribution in [3.05, 3.63) is 39.9 Å². The fraction of sp³-hybridized carbons (Fsp3) is 0.474. The molecule has 27 heavy (non-hydrogen) atoms. The van der Waals surface area contributed by atoms with Gasteiger partial charge in [0.2, 0.25) is 5.60 Å². The van der Waals surface area contributed by atoms with Gasteiger partial charge in [-0.25, -0.2) is 9.59 Å². The van der Waals surface area contributed by atoms with Crippen molar-refractivity contribution < 1.29 is 28.5 Å². The van der Waals surface area contributed by atoms with Gasteiger partial charge < -0.3 is 18.9 Å². The van der Waals surface area contributed by atoms with E-state index < -0.39 is 29.4 Å². The number of hydrogen-bond donors (Lipinski definition) is 0. The molecule has 1 aromatic carbocycles. The molecule has 0 unspecified atom stereocenters. The van der Waals surface area contributed by atoms with Crippen LogP contribution in [-0.4, -0.2) is 41.6 Å². The maximum absolute atomic E-state index is 12.4. The maximum atomic E-state index is 12.4. The molecule has 1 aromatic rings.